The van der Waals surface area contributed by atoms with Crippen molar-refractivity contribution >= 4 is 17.6 Å². The number of ether oxygens (including phenoxy) is 1. The van der Waals surface area contributed by atoms with Crippen LogP contribution in [0, 0.1) is 17.0 Å². The minimum Gasteiger partial charge on any atom is -0.444 e. The number of amides is 1. The Kier molecular flexibility index (Phi) is 4.54. The average Bonchev–Trinajstić information content (AvgIpc) is 2.82. The van der Waals surface area contributed by atoms with Crippen molar-refractivity contribution in [1.82, 2.24) is 14.8 Å². The molecule has 24 heavy (non-hydrogen) atoms. The van der Waals surface area contributed by atoms with Crippen molar-refractivity contribution in [1.29, 1.82) is 0 Å². The third-order valence-electron chi connectivity index (χ3n) is 3.12. The Morgan fingerprint density at radius 3 is 2.54 bits per heavy atom. The summed E-state index contributed by atoms with van der Waals surface area (Å²) in [7, 11) is 1.73. The molecule has 0 aliphatic heterocycles. The third kappa shape index (κ3) is 3.86. The second-order valence-electron chi connectivity index (χ2n) is 6.28. The van der Waals surface area contributed by atoms with Gasteiger partial charge in [-0.15, -0.1) is 0 Å². The molecular weight excluding hydrogens is 314 g/mol. The van der Waals surface area contributed by atoms with Crippen LogP contribution in [-0.2, 0) is 11.8 Å². The number of carbonyl (C=O) groups is 1. The van der Waals surface area contributed by atoms with E-state index in [0.717, 1.165) is 6.20 Å². The molecule has 9 nitrogen and oxygen atoms in total. The van der Waals surface area contributed by atoms with Crippen LogP contribution in [-0.4, -0.2) is 31.4 Å². The molecule has 2 aromatic heterocycles. The summed E-state index contributed by atoms with van der Waals surface area (Å²) < 4.78 is 6.77. The number of carbonyl (C=O) groups excluding carboxylic acids is 1. The average molecular weight is 333 g/mol. The van der Waals surface area contributed by atoms with E-state index in [-0.39, 0.29) is 11.5 Å². The van der Waals surface area contributed by atoms with Gasteiger partial charge in [0, 0.05) is 29.9 Å². The van der Waals surface area contributed by atoms with Crippen LogP contribution >= 0.6 is 0 Å². The number of nitro groups is 1. The van der Waals surface area contributed by atoms with E-state index in [1.165, 1.54) is 0 Å². The maximum atomic E-state index is 12.0. The molecule has 0 aliphatic carbocycles. The molecule has 2 rings (SSSR count). The molecule has 0 unspecified atom stereocenters. The summed E-state index contributed by atoms with van der Waals surface area (Å²) in [6, 6.07) is 0. The molecule has 9 heteroatoms. The Morgan fingerprint density at radius 2 is 2.04 bits per heavy atom. The summed E-state index contributed by atoms with van der Waals surface area (Å²) in [5, 5.41) is 17.8. The predicted molar refractivity (Wildman–Crippen MR) is 87.7 cm³/mol. The molecule has 0 spiro atoms. The van der Waals surface area contributed by atoms with Crippen molar-refractivity contribution in [2.75, 3.05) is 5.32 Å². The van der Waals surface area contributed by atoms with Crippen molar-refractivity contribution in [2.24, 2.45) is 7.05 Å². The Morgan fingerprint density at radius 1 is 1.38 bits per heavy atom. The van der Waals surface area contributed by atoms with Crippen LogP contribution in [0.1, 0.15) is 26.3 Å². The number of hydrogen-bond acceptors (Lipinski definition) is 6. The SMILES string of the molecule is Cc1c([N+](=O)[O-])cnc(NC(=O)OC(C)(C)C)c1-c1cnn(C)c1. The molecule has 0 atom stereocenters. The molecule has 1 N–H and O–H groups in total. The molecule has 2 heterocycles. The van der Waals surface area contributed by atoms with Crippen molar-refractivity contribution < 1.29 is 14.5 Å². The quantitative estimate of drug-likeness (QED) is 0.682. The van der Waals surface area contributed by atoms with E-state index in [4.69, 9.17) is 4.74 Å². The highest BCUT2D eigenvalue weighted by atomic mass is 16.6. The lowest BCUT2D eigenvalue weighted by molar-refractivity contribution is -0.385. The zero-order chi connectivity index (χ0) is 18.1. The van der Waals surface area contributed by atoms with Gasteiger partial charge in [-0.3, -0.25) is 20.1 Å². The number of nitrogens with one attached hydrogen (secondary N) is 1. The van der Waals surface area contributed by atoms with Crippen LogP contribution in [0.15, 0.2) is 18.6 Å². The summed E-state index contributed by atoms with van der Waals surface area (Å²) in [6.07, 6.45) is 3.66. The maximum absolute atomic E-state index is 12.0. The summed E-state index contributed by atoms with van der Waals surface area (Å²) in [5.74, 6) is 0.181. The van der Waals surface area contributed by atoms with E-state index in [1.807, 2.05) is 0 Å². The number of pyridine rings is 1. The fraction of sp³-hybridized carbons (Fsp3) is 0.400. The normalized spacial score (nSPS) is 11.2. The predicted octanol–water partition coefficient (Wildman–Crippen LogP) is 3.05. The first-order chi connectivity index (χ1) is 11.1. The number of nitrogens with zero attached hydrogens (tertiary/aromatic N) is 4. The standard InChI is InChI=1S/C15H19N5O4/c1-9-11(20(22)23)7-16-13(18-14(21)24-15(2,3)4)12(9)10-6-17-19(5)8-10/h6-8H,1-5H3,(H,16,18,21). The van der Waals surface area contributed by atoms with Gasteiger partial charge >= 0.3 is 6.09 Å². The number of hydrogen-bond donors (Lipinski definition) is 1. The molecule has 128 valence electrons. The Labute approximate surface area is 138 Å². The second kappa shape index (κ2) is 6.26. The summed E-state index contributed by atoms with van der Waals surface area (Å²) in [4.78, 5) is 26.7. The van der Waals surface area contributed by atoms with Gasteiger partial charge in [-0.2, -0.15) is 5.10 Å². The number of rotatable bonds is 3. The molecule has 2 aromatic rings. The first-order valence-electron chi connectivity index (χ1n) is 7.21. The Balaban J connectivity index is 2.49. The van der Waals surface area contributed by atoms with Gasteiger partial charge in [-0.05, 0) is 27.7 Å². The Hall–Kier alpha value is -2.97. The molecular formula is C15H19N5O4. The fourth-order valence-corrected chi connectivity index (χ4v) is 2.18. The molecule has 0 aliphatic rings. The van der Waals surface area contributed by atoms with Gasteiger partial charge in [0.25, 0.3) is 5.69 Å². The van der Waals surface area contributed by atoms with Crippen molar-refractivity contribution in [2.45, 2.75) is 33.3 Å². The highest BCUT2D eigenvalue weighted by molar-refractivity contribution is 5.91. The van der Waals surface area contributed by atoms with Crippen LogP contribution < -0.4 is 5.32 Å². The molecule has 0 saturated heterocycles. The molecule has 0 bridgehead atoms. The molecule has 0 aromatic carbocycles. The summed E-state index contributed by atoms with van der Waals surface area (Å²) in [6.45, 7) is 6.82. The van der Waals surface area contributed by atoms with Gasteiger partial charge in [0.05, 0.1) is 11.1 Å². The fourth-order valence-electron chi connectivity index (χ4n) is 2.18. The summed E-state index contributed by atoms with van der Waals surface area (Å²) >= 11 is 0. The highest BCUT2D eigenvalue weighted by Gasteiger charge is 2.24. The van der Waals surface area contributed by atoms with Crippen LogP contribution in [0.4, 0.5) is 16.3 Å². The lowest BCUT2D eigenvalue weighted by atomic mass is 10.0. The zero-order valence-corrected chi connectivity index (χ0v) is 14.2. The van der Waals surface area contributed by atoms with E-state index in [0.29, 0.717) is 16.7 Å². The van der Waals surface area contributed by atoms with E-state index in [9.17, 15) is 14.9 Å². The minimum absolute atomic E-state index is 0.136. The first-order valence-corrected chi connectivity index (χ1v) is 7.21. The molecule has 1 amide bonds. The molecule has 0 radical (unpaired) electrons. The van der Waals surface area contributed by atoms with Crippen molar-refractivity contribution in [3.63, 3.8) is 0 Å². The van der Waals surface area contributed by atoms with E-state index in [2.05, 4.69) is 15.4 Å². The van der Waals surface area contributed by atoms with Gasteiger partial charge in [-0.1, -0.05) is 0 Å². The zero-order valence-electron chi connectivity index (χ0n) is 14.2. The van der Waals surface area contributed by atoms with Crippen LogP contribution in [0.25, 0.3) is 11.1 Å². The number of aromatic nitrogens is 3. The monoisotopic (exact) mass is 333 g/mol. The van der Waals surface area contributed by atoms with E-state index >= 15 is 0 Å². The van der Waals surface area contributed by atoms with Crippen LogP contribution in [0.5, 0.6) is 0 Å². The van der Waals surface area contributed by atoms with Gasteiger partial charge in [0.1, 0.15) is 17.6 Å². The first kappa shape index (κ1) is 17.4. The molecule has 0 saturated carbocycles. The topological polar surface area (TPSA) is 112 Å². The van der Waals surface area contributed by atoms with Gasteiger partial charge in [-0.25, -0.2) is 9.78 Å². The van der Waals surface area contributed by atoms with Crippen LogP contribution in [0.2, 0.25) is 0 Å². The maximum Gasteiger partial charge on any atom is 0.413 e. The molecule has 0 fully saturated rings. The lowest BCUT2D eigenvalue weighted by Gasteiger charge is -2.20. The Bertz CT molecular complexity index is 792. The number of anilines is 1. The van der Waals surface area contributed by atoms with Crippen LogP contribution in [0.3, 0.4) is 0 Å². The highest BCUT2D eigenvalue weighted by Crippen LogP contribution is 2.34. The largest absolute Gasteiger partial charge is 0.444 e. The van der Waals surface area contributed by atoms with E-state index < -0.39 is 16.6 Å². The summed E-state index contributed by atoms with van der Waals surface area (Å²) in [5.41, 5.74) is 0.618. The minimum atomic E-state index is -0.687. The van der Waals surface area contributed by atoms with Gasteiger partial charge < -0.3 is 4.74 Å². The second-order valence-corrected chi connectivity index (χ2v) is 6.28. The van der Waals surface area contributed by atoms with Gasteiger partial charge in [0.15, 0.2) is 0 Å². The smallest absolute Gasteiger partial charge is 0.413 e. The lowest BCUT2D eigenvalue weighted by Crippen LogP contribution is -2.27. The van der Waals surface area contributed by atoms with Gasteiger partial charge in [0.2, 0.25) is 0 Å². The van der Waals surface area contributed by atoms with E-state index in [1.54, 1.807) is 51.8 Å². The van der Waals surface area contributed by atoms with Crippen molar-refractivity contribution in [3.8, 4) is 11.1 Å². The van der Waals surface area contributed by atoms with Crippen molar-refractivity contribution in [3.05, 3.63) is 34.3 Å². The third-order valence-corrected chi connectivity index (χ3v) is 3.12. The number of aryl methyl sites for hydroxylation is 1.